The van der Waals surface area contributed by atoms with Gasteiger partial charge >= 0.3 is 0 Å². The number of hydrogen-bond donors (Lipinski definition) is 1. The van der Waals surface area contributed by atoms with E-state index in [4.69, 9.17) is 9.47 Å². The van der Waals surface area contributed by atoms with Crippen molar-refractivity contribution in [2.24, 2.45) is 5.41 Å². The molecule has 2 rings (SSSR count). The van der Waals surface area contributed by atoms with Crippen LogP contribution in [0.15, 0.2) is 0 Å². The Morgan fingerprint density at radius 3 is 2.50 bits per heavy atom. The van der Waals surface area contributed by atoms with E-state index in [1.165, 1.54) is 0 Å². The van der Waals surface area contributed by atoms with Gasteiger partial charge in [0.15, 0.2) is 5.79 Å². The van der Waals surface area contributed by atoms with Gasteiger partial charge in [-0.3, -0.25) is 0 Å². The van der Waals surface area contributed by atoms with E-state index in [0.717, 1.165) is 19.3 Å². The zero-order chi connectivity index (χ0) is 8.66. The molecule has 12 heavy (non-hydrogen) atoms. The van der Waals surface area contributed by atoms with Gasteiger partial charge in [-0.2, -0.15) is 0 Å². The molecule has 1 heterocycles. The minimum absolute atomic E-state index is 0.160. The van der Waals surface area contributed by atoms with E-state index in [9.17, 15) is 5.11 Å². The van der Waals surface area contributed by atoms with E-state index in [1.807, 2.05) is 6.92 Å². The Hall–Kier alpha value is -0.120. The zero-order valence-corrected chi connectivity index (χ0v) is 7.51. The summed E-state index contributed by atoms with van der Waals surface area (Å²) in [6.07, 6.45) is 3.03. The van der Waals surface area contributed by atoms with E-state index in [-0.39, 0.29) is 12.0 Å². The van der Waals surface area contributed by atoms with Gasteiger partial charge in [0, 0.05) is 11.8 Å². The van der Waals surface area contributed by atoms with Gasteiger partial charge in [0.25, 0.3) is 0 Å². The van der Waals surface area contributed by atoms with Gasteiger partial charge in [-0.25, -0.2) is 0 Å². The van der Waals surface area contributed by atoms with Crippen LogP contribution in [0.1, 0.15) is 26.2 Å². The predicted octanol–water partition coefficient (Wildman–Crippen LogP) is 0.912. The summed E-state index contributed by atoms with van der Waals surface area (Å²) in [4.78, 5) is 0. The van der Waals surface area contributed by atoms with Gasteiger partial charge in [-0.1, -0.05) is 6.92 Å². The molecule has 3 heteroatoms. The molecule has 1 spiro atoms. The molecule has 0 aromatic carbocycles. The largest absolute Gasteiger partial charge is 0.396 e. The highest BCUT2D eigenvalue weighted by Crippen LogP contribution is 2.50. The zero-order valence-electron chi connectivity index (χ0n) is 7.51. The molecule has 1 aliphatic carbocycles. The summed E-state index contributed by atoms with van der Waals surface area (Å²) in [6, 6.07) is 0. The van der Waals surface area contributed by atoms with Gasteiger partial charge in [-0.15, -0.1) is 0 Å². The summed E-state index contributed by atoms with van der Waals surface area (Å²) in [5.41, 5.74) is -0.177. The van der Waals surface area contributed by atoms with Crippen LogP contribution in [0, 0.1) is 5.41 Å². The Morgan fingerprint density at radius 1 is 1.25 bits per heavy atom. The lowest BCUT2D eigenvalue weighted by atomic mass is 9.84. The van der Waals surface area contributed by atoms with Crippen LogP contribution in [0.4, 0.5) is 0 Å². The Balaban J connectivity index is 2.22. The molecule has 0 radical (unpaired) electrons. The smallest absolute Gasteiger partial charge is 0.175 e. The summed E-state index contributed by atoms with van der Waals surface area (Å²) in [7, 11) is 0. The maximum atomic E-state index is 9.29. The van der Waals surface area contributed by atoms with Crippen LogP contribution in [0.25, 0.3) is 0 Å². The molecule has 1 aliphatic heterocycles. The molecule has 0 aromatic heterocycles. The highest BCUT2D eigenvalue weighted by molar-refractivity contribution is 4.97. The van der Waals surface area contributed by atoms with E-state index < -0.39 is 5.79 Å². The second-order valence-corrected chi connectivity index (χ2v) is 4.02. The summed E-state index contributed by atoms with van der Waals surface area (Å²) >= 11 is 0. The standard InChI is InChI=1S/C9H16O3/c1-8(7-10)3-2-4-9(8)11-5-6-12-9/h10H,2-7H2,1H3/t8-/m0/s1. The van der Waals surface area contributed by atoms with Crippen LogP contribution in [0.5, 0.6) is 0 Å². The molecule has 1 saturated heterocycles. The molecule has 3 nitrogen and oxygen atoms in total. The number of ether oxygens (including phenoxy) is 2. The summed E-state index contributed by atoms with van der Waals surface area (Å²) < 4.78 is 11.3. The maximum absolute atomic E-state index is 9.29. The van der Waals surface area contributed by atoms with Crippen LogP contribution >= 0.6 is 0 Å². The van der Waals surface area contributed by atoms with Crippen molar-refractivity contribution in [2.45, 2.75) is 32.0 Å². The Morgan fingerprint density at radius 2 is 1.92 bits per heavy atom. The molecular formula is C9H16O3. The molecule has 0 unspecified atom stereocenters. The first kappa shape index (κ1) is 8.48. The van der Waals surface area contributed by atoms with E-state index in [1.54, 1.807) is 0 Å². The van der Waals surface area contributed by atoms with Crippen LogP contribution in [-0.4, -0.2) is 30.7 Å². The van der Waals surface area contributed by atoms with E-state index in [2.05, 4.69) is 0 Å². The fourth-order valence-electron chi connectivity index (χ4n) is 2.35. The third-order valence-electron chi connectivity index (χ3n) is 3.26. The lowest BCUT2D eigenvalue weighted by Crippen LogP contribution is -2.45. The van der Waals surface area contributed by atoms with Crippen molar-refractivity contribution >= 4 is 0 Å². The minimum Gasteiger partial charge on any atom is -0.396 e. The van der Waals surface area contributed by atoms with Crippen LogP contribution in [0.2, 0.25) is 0 Å². The van der Waals surface area contributed by atoms with Crippen molar-refractivity contribution in [3.05, 3.63) is 0 Å². The minimum atomic E-state index is -0.457. The van der Waals surface area contributed by atoms with Gasteiger partial charge < -0.3 is 14.6 Å². The molecular weight excluding hydrogens is 156 g/mol. The number of aliphatic hydroxyl groups excluding tert-OH is 1. The molecule has 0 aromatic rings. The van der Waals surface area contributed by atoms with Gasteiger partial charge in [-0.05, 0) is 12.8 Å². The van der Waals surface area contributed by atoms with Crippen molar-refractivity contribution in [3.8, 4) is 0 Å². The van der Waals surface area contributed by atoms with E-state index in [0.29, 0.717) is 13.2 Å². The van der Waals surface area contributed by atoms with Crippen LogP contribution in [-0.2, 0) is 9.47 Å². The third kappa shape index (κ3) is 0.934. The monoisotopic (exact) mass is 172 g/mol. The molecule has 0 amide bonds. The summed E-state index contributed by atoms with van der Waals surface area (Å²) in [5.74, 6) is -0.457. The first-order valence-corrected chi connectivity index (χ1v) is 4.61. The van der Waals surface area contributed by atoms with Gasteiger partial charge in [0.2, 0.25) is 0 Å². The first-order chi connectivity index (χ1) is 5.72. The Labute approximate surface area is 72.7 Å². The van der Waals surface area contributed by atoms with Gasteiger partial charge in [0.1, 0.15) is 0 Å². The first-order valence-electron chi connectivity index (χ1n) is 4.61. The fourth-order valence-corrected chi connectivity index (χ4v) is 2.35. The van der Waals surface area contributed by atoms with Crippen LogP contribution < -0.4 is 0 Å². The van der Waals surface area contributed by atoms with Crippen molar-refractivity contribution in [3.63, 3.8) is 0 Å². The molecule has 70 valence electrons. The summed E-state index contributed by atoms with van der Waals surface area (Å²) in [6.45, 7) is 3.56. The lowest BCUT2D eigenvalue weighted by Gasteiger charge is -2.37. The van der Waals surface area contributed by atoms with Gasteiger partial charge in [0.05, 0.1) is 19.8 Å². The van der Waals surface area contributed by atoms with E-state index >= 15 is 0 Å². The second-order valence-electron chi connectivity index (χ2n) is 4.02. The highest BCUT2D eigenvalue weighted by Gasteiger charge is 2.55. The molecule has 1 atom stereocenters. The SMILES string of the molecule is C[C@@]1(CO)CCCC12OCCO2. The quantitative estimate of drug-likeness (QED) is 0.639. The van der Waals surface area contributed by atoms with Crippen LogP contribution in [0.3, 0.4) is 0 Å². The normalized spacial score (nSPS) is 39.5. The van der Waals surface area contributed by atoms with Crippen molar-refractivity contribution in [1.82, 2.24) is 0 Å². The number of rotatable bonds is 1. The molecule has 2 fully saturated rings. The second kappa shape index (κ2) is 2.69. The molecule has 1 saturated carbocycles. The average molecular weight is 172 g/mol. The maximum Gasteiger partial charge on any atom is 0.175 e. The van der Waals surface area contributed by atoms with Crippen molar-refractivity contribution < 1.29 is 14.6 Å². The third-order valence-corrected chi connectivity index (χ3v) is 3.26. The lowest BCUT2D eigenvalue weighted by molar-refractivity contribution is -0.225. The summed E-state index contributed by atoms with van der Waals surface area (Å²) in [5, 5.41) is 9.29. The predicted molar refractivity (Wildman–Crippen MR) is 43.7 cm³/mol. The Bertz CT molecular complexity index is 169. The molecule has 2 aliphatic rings. The fraction of sp³-hybridized carbons (Fsp3) is 1.00. The number of aliphatic hydroxyl groups is 1. The molecule has 0 bridgehead atoms. The van der Waals surface area contributed by atoms with Crippen molar-refractivity contribution in [2.75, 3.05) is 19.8 Å². The number of hydrogen-bond acceptors (Lipinski definition) is 3. The topological polar surface area (TPSA) is 38.7 Å². The Kier molecular flexibility index (Phi) is 1.90. The van der Waals surface area contributed by atoms with Crippen molar-refractivity contribution in [1.29, 1.82) is 0 Å². The molecule has 1 N–H and O–H groups in total. The highest BCUT2D eigenvalue weighted by atomic mass is 16.7. The average Bonchev–Trinajstić information content (AvgIpc) is 2.64.